The van der Waals surface area contributed by atoms with Crippen LogP contribution in [-0.4, -0.2) is 23.2 Å². The summed E-state index contributed by atoms with van der Waals surface area (Å²) in [7, 11) is 1.57. The monoisotopic (exact) mass is 259 g/mol. The zero-order valence-electron chi connectivity index (χ0n) is 7.49. The zero-order valence-corrected chi connectivity index (χ0v) is 9.08. The molecule has 1 aromatic carbocycles. The first kappa shape index (κ1) is 11.0. The van der Waals surface area contributed by atoms with Gasteiger partial charge in [0, 0.05) is 0 Å². The fourth-order valence-electron chi connectivity index (χ4n) is 1.14. The largest absolute Gasteiger partial charge is 0.507 e. The molecule has 0 aliphatic heterocycles. The van der Waals surface area contributed by atoms with Crippen LogP contribution in [0.15, 0.2) is 22.7 Å². The second-order valence-electron chi connectivity index (χ2n) is 2.77. The van der Waals surface area contributed by atoms with Crippen LogP contribution in [0.25, 0.3) is 0 Å². The van der Waals surface area contributed by atoms with Gasteiger partial charge in [-0.2, -0.15) is 0 Å². The summed E-state index contributed by atoms with van der Waals surface area (Å²) in [6.07, 6.45) is 0. The van der Waals surface area contributed by atoms with Crippen molar-refractivity contribution in [3.05, 3.63) is 28.2 Å². The van der Waals surface area contributed by atoms with Crippen molar-refractivity contribution in [2.75, 3.05) is 7.05 Å². The van der Waals surface area contributed by atoms with Crippen LogP contribution in [0.1, 0.15) is 11.6 Å². The first-order valence-electron chi connectivity index (χ1n) is 3.94. The minimum Gasteiger partial charge on any atom is -0.507 e. The van der Waals surface area contributed by atoms with E-state index in [4.69, 9.17) is 5.11 Å². The summed E-state index contributed by atoms with van der Waals surface area (Å²) < 4.78 is 0.483. The number of halogens is 1. The van der Waals surface area contributed by atoms with E-state index in [0.717, 1.165) is 0 Å². The Hall–Kier alpha value is -1.07. The number of rotatable bonds is 3. The number of hydrogen-bond donors (Lipinski definition) is 3. The Balaban J connectivity index is 3.06. The number of likely N-dealkylation sites (N-methyl/N-ethyl adjacent to an activating group) is 1. The van der Waals surface area contributed by atoms with Gasteiger partial charge >= 0.3 is 5.97 Å². The molecule has 0 fully saturated rings. The van der Waals surface area contributed by atoms with Crippen LogP contribution in [0.2, 0.25) is 0 Å². The first-order chi connectivity index (χ1) is 6.56. The normalized spacial score (nSPS) is 12.4. The fourth-order valence-corrected chi connectivity index (χ4v) is 1.53. The average molecular weight is 260 g/mol. The van der Waals surface area contributed by atoms with E-state index in [1.807, 2.05) is 0 Å². The number of phenolic OH excluding ortho intramolecular Hbond substituents is 1. The highest BCUT2D eigenvalue weighted by Gasteiger charge is 2.17. The molecule has 0 saturated heterocycles. The second kappa shape index (κ2) is 4.43. The van der Waals surface area contributed by atoms with E-state index in [1.165, 1.54) is 6.07 Å². The molecule has 0 saturated carbocycles. The number of carbonyl (C=O) groups is 1. The topological polar surface area (TPSA) is 69.6 Å². The maximum atomic E-state index is 10.8. The molecular weight excluding hydrogens is 250 g/mol. The maximum absolute atomic E-state index is 10.8. The van der Waals surface area contributed by atoms with Gasteiger partial charge in [0.15, 0.2) is 0 Å². The second-order valence-corrected chi connectivity index (χ2v) is 3.63. The van der Waals surface area contributed by atoms with Crippen molar-refractivity contribution < 1.29 is 15.0 Å². The molecule has 0 aliphatic rings. The van der Waals surface area contributed by atoms with E-state index < -0.39 is 12.0 Å². The number of aliphatic carboxylic acids is 1. The lowest BCUT2D eigenvalue weighted by atomic mass is 10.1. The molecule has 0 spiro atoms. The number of carboxylic acids is 1. The zero-order chi connectivity index (χ0) is 10.7. The van der Waals surface area contributed by atoms with Gasteiger partial charge in [0.1, 0.15) is 11.8 Å². The highest BCUT2D eigenvalue weighted by molar-refractivity contribution is 9.10. The molecule has 0 aliphatic carbocycles. The van der Waals surface area contributed by atoms with Gasteiger partial charge < -0.3 is 15.5 Å². The molecule has 4 nitrogen and oxygen atoms in total. The summed E-state index contributed by atoms with van der Waals surface area (Å²) in [5.41, 5.74) is 0.588. The lowest BCUT2D eigenvalue weighted by Crippen LogP contribution is -2.24. The van der Waals surface area contributed by atoms with Crippen LogP contribution in [0.5, 0.6) is 5.75 Å². The van der Waals surface area contributed by atoms with E-state index in [-0.39, 0.29) is 5.75 Å². The SMILES string of the molecule is CNC(C(=O)O)c1ccc(O)c(Br)c1. The van der Waals surface area contributed by atoms with Crippen LogP contribution in [-0.2, 0) is 4.79 Å². The van der Waals surface area contributed by atoms with Crippen molar-refractivity contribution in [3.8, 4) is 5.75 Å². The van der Waals surface area contributed by atoms with Crippen molar-refractivity contribution in [2.24, 2.45) is 0 Å². The summed E-state index contributed by atoms with van der Waals surface area (Å²) in [5, 5.41) is 20.7. The smallest absolute Gasteiger partial charge is 0.325 e. The Morgan fingerprint density at radius 3 is 2.64 bits per heavy atom. The van der Waals surface area contributed by atoms with Crippen molar-refractivity contribution >= 4 is 21.9 Å². The minimum absolute atomic E-state index is 0.0917. The Morgan fingerprint density at radius 1 is 1.57 bits per heavy atom. The van der Waals surface area contributed by atoms with Gasteiger partial charge in [-0.05, 0) is 40.7 Å². The van der Waals surface area contributed by atoms with Crippen LogP contribution in [0, 0.1) is 0 Å². The molecule has 5 heteroatoms. The Kier molecular flexibility index (Phi) is 3.49. The van der Waals surface area contributed by atoms with Crippen LogP contribution < -0.4 is 5.32 Å². The summed E-state index contributed by atoms with van der Waals surface area (Å²) in [5.74, 6) is -0.862. The molecule has 3 N–H and O–H groups in total. The molecule has 0 heterocycles. The van der Waals surface area contributed by atoms with E-state index in [2.05, 4.69) is 21.2 Å². The van der Waals surface area contributed by atoms with E-state index in [9.17, 15) is 9.90 Å². The van der Waals surface area contributed by atoms with Gasteiger partial charge in [-0.1, -0.05) is 6.07 Å². The van der Waals surface area contributed by atoms with Gasteiger partial charge in [0.05, 0.1) is 4.47 Å². The molecule has 0 radical (unpaired) electrons. The third-order valence-corrected chi connectivity index (χ3v) is 2.48. The van der Waals surface area contributed by atoms with E-state index >= 15 is 0 Å². The maximum Gasteiger partial charge on any atom is 0.325 e. The third-order valence-electron chi connectivity index (χ3n) is 1.84. The minimum atomic E-state index is -0.954. The summed E-state index contributed by atoms with van der Waals surface area (Å²) >= 11 is 3.12. The van der Waals surface area contributed by atoms with Crippen LogP contribution in [0.4, 0.5) is 0 Å². The Morgan fingerprint density at radius 2 is 2.21 bits per heavy atom. The van der Waals surface area contributed by atoms with Gasteiger partial charge in [-0.3, -0.25) is 4.79 Å². The van der Waals surface area contributed by atoms with Gasteiger partial charge in [-0.25, -0.2) is 0 Å². The van der Waals surface area contributed by atoms with Gasteiger partial charge in [0.25, 0.3) is 0 Å². The van der Waals surface area contributed by atoms with Crippen molar-refractivity contribution in [3.63, 3.8) is 0 Å². The van der Waals surface area contributed by atoms with Crippen LogP contribution >= 0.6 is 15.9 Å². The molecule has 1 atom stereocenters. The number of aromatic hydroxyl groups is 1. The number of carboxylic acid groups (broad SMARTS) is 1. The third kappa shape index (κ3) is 2.24. The lowest BCUT2D eigenvalue weighted by molar-refractivity contribution is -0.139. The Labute approximate surface area is 89.7 Å². The van der Waals surface area contributed by atoms with Crippen molar-refractivity contribution in [1.82, 2.24) is 5.32 Å². The molecule has 0 aromatic heterocycles. The number of benzene rings is 1. The first-order valence-corrected chi connectivity index (χ1v) is 4.74. The highest BCUT2D eigenvalue weighted by atomic mass is 79.9. The number of phenols is 1. The van der Waals surface area contributed by atoms with Crippen molar-refractivity contribution in [2.45, 2.75) is 6.04 Å². The number of nitrogens with one attached hydrogen (secondary N) is 1. The molecule has 14 heavy (non-hydrogen) atoms. The summed E-state index contributed by atoms with van der Waals surface area (Å²) in [6.45, 7) is 0. The molecule has 1 unspecified atom stereocenters. The molecule has 1 rings (SSSR count). The summed E-state index contributed by atoms with van der Waals surface area (Å²) in [6, 6.07) is 3.83. The highest BCUT2D eigenvalue weighted by Crippen LogP contribution is 2.26. The molecule has 0 bridgehead atoms. The van der Waals surface area contributed by atoms with Crippen molar-refractivity contribution in [1.29, 1.82) is 0 Å². The van der Waals surface area contributed by atoms with E-state index in [0.29, 0.717) is 10.0 Å². The van der Waals surface area contributed by atoms with Gasteiger partial charge in [-0.15, -0.1) is 0 Å². The van der Waals surface area contributed by atoms with Gasteiger partial charge in [0.2, 0.25) is 0 Å². The average Bonchev–Trinajstić information content (AvgIpc) is 2.11. The fraction of sp³-hybridized carbons (Fsp3) is 0.222. The molecule has 0 amide bonds. The quantitative estimate of drug-likeness (QED) is 0.770. The lowest BCUT2D eigenvalue weighted by Gasteiger charge is -2.11. The van der Waals surface area contributed by atoms with Crippen LogP contribution in [0.3, 0.4) is 0 Å². The Bertz CT molecular complexity index is 354. The predicted octanol–water partition coefficient (Wildman–Crippen LogP) is 1.50. The molecule has 76 valence electrons. The summed E-state index contributed by atoms with van der Waals surface area (Å²) in [4.78, 5) is 10.8. The standard InChI is InChI=1S/C9H10BrNO3/c1-11-8(9(13)14)5-2-3-7(12)6(10)4-5/h2-4,8,11-12H,1H3,(H,13,14). The van der Waals surface area contributed by atoms with E-state index in [1.54, 1.807) is 19.2 Å². The number of hydrogen-bond acceptors (Lipinski definition) is 3. The molecular formula is C9H10BrNO3. The predicted molar refractivity (Wildman–Crippen MR) is 55.2 cm³/mol. The molecule has 1 aromatic rings.